The number of fused-ring (bicyclic) bond motifs is 7. The van der Waals surface area contributed by atoms with Crippen LogP contribution in [0.15, 0.2) is 94.6 Å². The highest BCUT2D eigenvalue weighted by molar-refractivity contribution is 8.00. The van der Waals surface area contributed by atoms with Crippen LogP contribution in [0.1, 0.15) is 29.6 Å². The third-order valence-electron chi connectivity index (χ3n) is 7.45. The Morgan fingerprint density at radius 3 is 2.74 bits per heavy atom. The second kappa shape index (κ2) is 7.07. The summed E-state index contributed by atoms with van der Waals surface area (Å²) in [6.07, 6.45) is 3.75. The van der Waals surface area contributed by atoms with Crippen LogP contribution in [0.25, 0.3) is 16.6 Å². The topological polar surface area (TPSA) is 14.2 Å². The molecule has 0 saturated carbocycles. The van der Waals surface area contributed by atoms with E-state index < -0.39 is 0 Å². The van der Waals surface area contributed by atoms with Gasteiger partial charge in [-0.15, -0.1) is 0 Å². The van der Waals surface area contributed by atoms with E-state index in [4.69, 9.17) is 10.2 Å². The molecule has 34 heavy (non-hydrogen) atoms. The highest BCUT2D eigenvalue weighted by atomic mass is 32.2. The van der Waals surface area contributed by atoms with Gasteiger partial charge in [0, 0.05) is 32.6 Å². The first-order valence-electron chi connectivity index (χ1n) is 13.9. The van der Waals surface area contributed by atoms with Gasteiger partial charge in [-0.05, 0) is 72.5 Å². The molecule has 1 aliphatic carbocycles. The molecule has 0 amide bonds. The van der Waals surface area contributed by atoms with Crippen molar-refractivity contribution in [2.45, 2.75) is 35.5 Å². The van der Waals surface area contributed by atoms with Crippen LogP contribution in [0.3, 0.4) is 0 Å². The van der Waals surface area contributed by atoms with Crippen LogP contribution in [0.5, 0.6) is 11.5 Å². The van der Waals surface area contributed by atoms with Gasteiger partial charge in [0.05, 0.1) is 11.0 Å². The van der Waals surface area contributed by atoms with Crippen LogP contribution in [0.4, 0.5) is 0 Å². The molecule has 3 heterocycles. The van der Waals surface area contributed by atoms with Crippen molar-refractivity contribution in [3.8, 4) is 17.2 Å². The summed E-state index contributed by atoms with van der Waals surface area (Å²) in [6.45, 7) is 0.0871. The average molecular weight is 459 g/mol. The van der Waals surface area contributed by atoms with E-state index in [1.165, 1.54) is 20.7 Å². The van der Waals surface area contributed by atoms with Crippen LogP contribution >= 0.6 is 11.8 Å². The number of benzene rings is 4. The molecule has 0 bridgehead atoms. The molecule has 4 heteroatoms. The molecule has 2 aliphatic heterocycles. The fourth-order valence-corrected chi connectivity index (χ4v) is 7.18. The molecule has 162 valence electrons. The minimum absolute atomic E-state index is 0.0160. The molecule has 0 saturated heterocycles. The van der Waals surface area contributed by atoms with Crippen molar-refractivity contribution in [1.29, 1.82) is 0 Å². The Morgan fingerprint density at radius 2 is 1.74 bits per heavy atom. The lowest BCUT2D eigenvalue weighted by Gasteiger charge is -2.33. The molecule has 5 aromatic rings. The lowest BCUT2D eigenvalue weighted by molar-refractivity contribution is 0.486. The molecule has 0 radical (unpaired) electrons. The molecule has 0 N–H and O–H groups in total. The zero-order valence-electron chi connectivity index (χ0n) is 22.4. The fourth-order valence-electron chi connectivity index (χ4n) is 6.02. The molecule has 0 atom stereocenters. The third-order valence-corrected chi connectivity index (χ3v) is 8.62. The summed E-state index contributed by atoms with van der Waals surface area (Å²) in [6, 6.07) is 20.9. The number of hydrogen-bond donors (Lipinski definition) is 0. The van der Waals surface area contributed by atoms with Gasteiger partial charge in [0.2, 0.25) is 0 Å². The quantitative estimate of drug-likeness (QED) is 0.297. The number of rotatable bonds is 1. The van der Waals surface area contributed by atoms with E-state index in [9.17, 15) is 0 Å². The monoisotopic (exact) mass is 459 g/mol. The number of aromatic nitrogens is 1. The van der Waals surface area contributed by atoms with Crippen molar-refractivity contribution in [3.05, 3.63) is 96.1 Å². The Bertz CT molecular complexity index is 1850. The maximum atomic E-state index is 8.81. The van der Waals surface area contributed by atoms with Gasteiger partial charge in [-0.2, -0.15) is 0 Å². The van der Waals surface area contributed by atoms with Crippen LogP contribution in [0, 0.1) is 0 Å². The Kier molecular flexibility index (Phi) is 3.23. The SMILES string of the molecule is [2H]c1c([2H])c([2H])c2c(c1[2H])c1c(n2-c2ccc3c(c2)Oc2cccc4c2B3c2ccccc2S4)CCCC1. The van der Waals surface area contributed by atoms with Crippen molar-refractivity contribution in [2.75, 3.05) is 0 Å². The summed E-state index contributed by atoms with van der Waals surface area (Å²) in [4.78, 5) is 2.49. The number of para-hydroxylation sites is 1. The van der Waals surface area contributed by atoms with Gasteiger partial charge in [-0.3, -0.25) is 0 Å². The summed E-state index contributed by atoms with van der Waals surface area (Å²) in [5.41, 5.74) is 7.22. The summed E-state index contributed by atoms with van der Waals surface area (Å²) in [5, 5.41) is 0.664. The molecular weight excluding hydrogens is 433 g/mol. The van der Waals surface area contributed by atoms with Gasteiger partial charge in [-0.25, -0.2) is 0 Å². The van der Waals surface area contributed by atoms with E-state index in [2.05, 4.69) is 53.1 Å². The molecule has 1 aromatic heterocycles. The van der Waals surface area contributed by atoms with E-state index in [0.29, 0.717) is 10.9 Å². The van der Waals surface area contributed by atoms with Crippen molar-refractivity contribution < 1.29 is 10.2 Å². The van der Waals surface area contributed by atoms with Crippen molar-refractivity contribution in [1.82, 2.24) is 4.57 Å². The fraction of sp³-hybridized carbons (Fsp3) is 0.133. The highest BCUT2D eigenvalue weighted by Gasteiger charge is 2.38. The smallest absolute Gasteiger partial charge is 0.253 e. The van der Waals surface area contributed by atoms with Gasteiger partial charge < -0.3 is 9.30 Å². The van der Waals surface area contributed by atoms with Crippen LogP contribution in [-0.2, 0) is 12.8 Å². The first-order chi connectivity index (χ1) is 18.5. The van der Waals surface area contributed by atoms with E-state index >= 15 is 0 Å². The molecular formula is C30H22BNOS. The molecule has 3 aliphatic rings. The van der Waals surface area contributed by atoms with Crippen LogP contribution in [0.2, 0.25) is 0 Å². The van der Waals surface area contributed by atoms with Crippen LogP contribution < -0.4 is 21.1 Å². The maximum absolute atomic E-state index is 8.81. The van der Waals surface area contributed by atoms with Gasteiger partial charge in [0.25, 0.3) is 6.71 Å². The Labute approximate surface area is 209 Å². The predicted molar refractivity (Wildman–Crippen MR) is 142 cm³/mol. The maximum Gasteiger partial charge on any atom is 0.253 e. The first-order valence-corrected chi connectivity index (χ1v) is 12.7. The second-order valence-electron chi connectivity index (χ2n) is 9.26. The normalized spacial score (nSPS) is 16.9. The highest BCUT2D eigenvalue weighted by Crippen LogP contribution is 2.38. The molecule has 0 unspecified atom stereocenters. The molecule has 4 aromatic carbocycles. The zero-order chi connectivity index (χ0) is 25.7. The van der Waals surface area contributed by atoms with Crippen molar-refractivity contribution in [3.63, 3.8) is 0 Å². The minimum Gasteiger partial charge on any atom is -0.458 e. The third kappa shape index (κ3) is 2.55. The molecule has 2 nitrogen and oxygen atoms in total. The Balaban J connectivity index is 1.39. The molecule has 8 rings (SSSR count). The minimum atomic E-state index is -0.189. The number of aryl methyl sites for hydroxylation is 1. The van der Waals surface area contributed by atoms with E-state index in [1.807, 2.05) is 12.1 Å². The standard InChI is InChI=1S/C30H22BNOS/c1-4-11-24-20(8-1)21-9-2-5-12-25(21)32(24)19-16-17-22-27(18-19)33-26-13-7-15-29-30(26)31(22)23-10-3-6-14-28(23)34-29/h1,3-4,6-8,10-11,13-18H,2,5,9,12H2/i1D,4D,8D,11D. The Hall–Kier alpha value is -3.37. The summed E-state index contributed by atoms with van der Waals surface area (Å²) < 4.78 is 42.8. The lowest BCUT2D eigenvalue weighted by atomic mass is 9.35. The first kappa shape index (κ1) is 15.5. The summed E-state index contributed by atoms with van der Waals surface area (Å²) in [7, 11) is 0. The zero-order valence-corrected chi connectivity index (χ0v) is 19.3. The average Bonchev–Trinajstić information content (AvgIpc) is 3.30. The predicted octanol–water partition coefficient (Wildman–Crippen LogP) is 5.60. The van der Waals surface area contributed by atoms with Gasteiger partial charge in [0.1, 0.15) is 11.5 Å². The van der Waals surface area contributed by atoms with Gasteiger partial charge >= 0.3 is 0 Å². The second-order valence-corrected chi connectivity index (χ2v) is 10.3. The largest absolute Gasteiger partial charge is 0.458 e. The lowest BCUT2D eigenvalue weighted by Crippen LogP contribution is -2.57. The van der Waals surface area contributed by atoms with Crippen molar-refractivity contribution in [2.24, 2.45) is 0 Å². The van der Waals surface area contributed by atoms with E-state index in [1.54, 1.807) is 11.8 Å². The number of hydrogen-bond acceptors (Lipinski definition) is 2. The van der Waals surface area contributed by atoms with E-state index in [-0.39, 0.29) is 30.9 Å². The number of nitrogens with zero attached hydrogens (tertiary/aromatic N) is 1. The summed E-state index contributed by atoms with van der Waals surface area (Å²) >= 11 is 1.79. The molecule has 0 spiro atoms. The van der Waals surface area contributed by atoms with Gasteiger partial charge in [-0.1, -0.05) is 65.7 Å². The summed E-state index contributed by atoms with van der Waals surface area (Å²) in [5.74, 6) is 1.67. The van der Waals surface area contributed by atoms with Gasteiger partial charge in [0.15, 0.2) is 0 Å². The van der Waals surface area contributed by atoms with Crippen LogP contribution in [-0.4, -0.2) is 11.3 Å². The number of ether oxygens (including phenoxy) is 1. The molecule has 0 fully saturated rings. The Morgan fingerprint density at radius 1 is 0.853 bits per heavy atom. The van der Waals surface area contributed by atoms with Crippen molar-refractivity contribution >= 4 is 45.8 Å². The van der Waals surface area contributed by atoms with E-state index in [0.717, 1.165) is 59.6 Å².